The van der Waals surface area contributed by atoms with Crippen molar-refractivity contribution in [2.24, 2.45) is 0 Å². The minimum atomic E-state index is -0.569. The summed E-state index contributed by atoms with van der Waals surface area (Å²) >= 11 is 0. The maximum Gasteiger partial charge on any atom is 0.337 e. The monoisotopic (exact) mass is 355 g/mol. The lowest BCUT2D eigenvalue weighted by molar-refractivity contribution is -0.116. The molecular weight excluding hydrogens is 341 g/mol. The lowest BCUT2D eigenvalue weighted by Crippen LogP contribution is -2.28. The molecule has 0 aliphatic heterocycles. The zero-order chi connectivity index (χ0) is 18.7. The van der Waals surface area contributed by atoms with Crippen molar-refractivity contribution in [3.63, 3.8) is 0 Å². The van der Waals surface area contributed by atoms with Gasteiger partial charge in [-0.15, -0.1) is 0 Å². The first kappa shape index (κ1) is 17.3. The molecule has 3 rings (SSSR count). The van der Waals surface area contributed by atoms with Crippen LogP contribution >= 0.6 is 0 Å². The highest BCUT2D eigenvalue weighted by Gasteiger charge is 2.12. The van der Waals surface area contributed by atoms with Crippen LogP contribution in [0.3, 0.4) is 0 Å². The predicted octanol–water partition coefficient (Wildman–Crippen LogP) is 1.96. The van der Waals surface area contributed by atoms with Crippen molar-refractivity contribution in [3.8, 4) is 0 Å². The maximum atomic E-state index is 13.6. The van der Waals surface area contributed by atoms with Gasteiger partial charge in [0.1, 0.15) is 12.4 Å². The molecule has 0 atom stereocenters. The van der Waals surface area contributed by atoms with Crippen molar-refractivity contribution in [2.75, 3.05) is 12.4 Å². The van der Waals surface area contributed by atoms with E-state index in [4.69, 9.17) is 0 Å². The fourth-order valence-electron chi connectivity index (χ4n) is 2.42. The van der Waals surface area contributed by atoms with Crippen molar-refractivity contribution in [3.05, 3.63) is 70.5 Å². The number of rotatable bonds is 4. The number of para-hydroxylation sites is 1. The van der Waals surface area contributed by atoms with Crippen molar-refractivity contribution < 1.29 is 18.7 Å². The van der Waals surface area contributed by atoms with Gasteiger partial charge in [0.25, 0.3) is 5.56 Å². The first-order valence-corrected chi connectivity index (χ1v) is 7.61. The molecule has 0 spiro atoms. The molecule has 1 heterocycles. The van der Waals surface area contributed by atoms with Crippen LogP contribution in [0.1, 0.15) is 10.4 Å². The van der Waals surface area contributed by atoms with Gasteiger partial charge in [-0.1, -0.05) is 12.1 Å². The van der Waals surface area contributed by atoms with Crippen LogP contribution in [-0.2, 0) is 16.1 Å². The van der Waals surface area contributed by atoms with E-state index in [0.717, 1.165) is 4.57 Å². The zero-order valence-electron chi connectivity index (χ0n) is 13.7. The minimum Gasteiger partial charge on any atom is -0.465 e. The molecule has 0 bridgehead atoms. The molecule has 0 saturated heterocycles. The van der Waals surface area contributed by atoms with Gasteiger partial charge in [0.2, 0.25) is 5.91 Å². The van der Waals surface area contributed by atoms with Crippen LogP contribution in [0, 0.1) is 5.82 Å². The number of halogens is 1. The predicted molar refractivity (Wildman–Crippen MR) is 92.4 cm³/mol. The first-order valence-electron chi connectivity index (χ1n) is 7.61. The molecule has 1 amide bonds. The van der Waals surface area contributed by atoms with Gasteiger partial charge in [-0.05, 0) is 30.3 Å². The number of esters is 1. The number of anilines is 1. The van der Waals surface area contributed by atoms with Gasteiger partial charge in [0.05, 0.1) is 35.6 Å². The molecule has 2 aromatic carbocycles. The number of aromatic nitrogens is 2. The van der Waals surface area contributed by atoms with Gasteiger partial charge in [-0.3, -0.25) is 14.2 Å². The Balaban J connectivity index is 1.85. The molecule has 1 aromatic heterocycles. The fraction of sp³-hybridized carbons (Fsp3) is 0.111. The summed E-state index contributed by atoms with van der Waals surface area (Å²) in [7, 11) is 1.26. The third kappa shape index (κ3) is 3.44. The topological polar surface area (TPSA) is 90.3 Å². The van der Waals surface area contributed by atoms with Crippen LogP contribution in [0.2, 0.25) is 0 Å². The number of hydrogen-bond acceptors (Lipinski definition) is 5. The summed E-state index contributed by atoms with van der Waals surface area (Å²) in [5.74, 6) is -1.67. The average Bonchev–Trinajstić information content (AvgIpc) is 2.65. The SMILES string of the molecule is COC(=O)c1ccc2c(=O)n(CC(=O)Nc3ccccc3F)cnc2c1. The lowest BCUT2D eigenvalue weighted by atomic mass is 10.1. The highest BCUT2D eigenvalue weighted by Crippen LogP contribution is 2.13. The van der Waals surface area contributed by atoms with Gasteiger partial charge in [-0.25, -0.2) is 14.2 Å². The number of ether oxygens (including phenoxy) is 1. The molecular formula is C18H14FN3O4. The number of nitrogens with zero attached hydrogens (tertiary/aromatic N) is 2. The van der Waals surface area contributed by atoms with E-state index in [0.29, 0.717) is 5.52 Å². The van der Waals surface area contributed by atoms with Crippen molar-refractivity contribution in [2.45, 2.75) is 6.54 Å². The van der Waals surface area contributed by atoms with E-state index in [-0.39, 0.29) is 23.2 Å². The van der Waals surface area contributed by atoms with E-state index in [1.165, 1.54) is 49.8 Å². The van der Waals surface area contributed by atoms with Crippen LogP contribution < -0.4 is 10.9 Å². The van der Waals surface area contributed by atoms with Crippen molar-refractivity contribution in [1.29, 1.82) is 0 Å². The van der Waals surface area contributed by atoms with E-state index in [1.54, 1.807) is 6.07 Å². The maximum absolute atomic E-state index is 13.6. The molecule has 132 valence electrons. The summed E-state index contributed by atoms with van der Waals surface area (Å²) in [5.41, 5.74) is 0.155. The average molecular weight is 355 g/mol. The number of hydrogen-bond donors (Lipinski definition) is 1. The number of fused-ring (bicyclic) bond motifs is 1. The molecule has 7 nitrogen and oxygen atoms in total. The fourth-order valence-corrected chi connectivity index (χ4v) is 2.42. The van der Waals surface area contributed by atoms with Crippen LogP contribution in [-0.4, -0.2) is 28.5 Å². The molecule has 0 unspecified atom stereocenters. The molecule has 26 heavy (non-hydrogen) atoms. The summed E-state index contributed by atoms with van der Waals surface area (Å²) in [6.45, 7) is -0.325. The number of carbonyl (C=O) groups is 2. The number of nitrogens with one attached hydrogen (secondary N) is 1. The Morgan fingerprint density at radius 2 is 2.00 bits per heavy atom. The Morgan fingerprint density at radius 3 is 2.73 bits per heavy atom. The number of benzene rings is 2. The van der Waals surface area contributed by atoms with Gasteiger partial charge in [-0.2, -0.15) is 0 Å². The van der Waals surface area contributed by atoms with Crippen molar-refractivity contribution in [1.82, 2.24) is 9.55 Å². The van der Waals surface area contributed by atoms with Gasteiger partial charge in [0.15, 0.2) is 0 Å². The van der Waals surface area contributed by atoms with Crippen LogP contribution in [0.5, 0.6) is 0 Å². The van der Waals surface area contributed by atoms with Crippen LogP contribution in [0.15, 0.2) is 53.6 Å². The normalized spacial score (nSPS) is 10.5. The zero-order valence-corrected chi connectivity index (χ0v) is 13.7. The summed E-state index contributed by atoms with van der Waals surface area (Å²) in [6.07, 6.45) is 1.20. The van der Waals surface area contributed by atoms with E-state index in [9.17, 15) is 18.8 Å². The minimum absolute atomic E-state index is 0.0296. The Hall–Kier alpha value is -3.55. The van der Waals surface area contributed by atoms with Crippen LogP contribution in [0.4, 0.5) is 10.1 Å². The van der Waals surface area contributed by atoms with Gasteiger partial charge < -0.3 is 10.1 Å². The molecule has 0 radical (unpaired) electrons. The Labute approximate surface area is 147 Å². The molecule has 3 aromatic rings. The molecule has 0 aliphatic carbocycles. The summed E-state index contributed by atoms with van der Waals surface area (Å²) in [5, 5.41) is 2.65. The van der Waals surface area contributed by atoms with Gasteiger partial charge >= 0.3 is 5.97 Å². The Kier molecular flexibility index (Phi) is 4.74. The standard InChI is InChI=1S/C18H14FN3O4/c1-26-18(25)11-6-7-12-15(8-11)20-10-22(17(12)24)9-16(23)21-14-5-3-2-4-13(14)19/h2-8,10H,9H2,1H3,(H,21,23). The van der Waals surface area contributed by atoms with E-state index in [2.05, 4.69) is 15.0 Å². The second-order valence-corrected chi connectivity index (χ2v) is 5.43. The van der Waals surface area contributed by atoms with E-state index >= 15 is 0 Å². The Bertz CT molecular complexity index is 1060. The van der Waals surface area contributed by atoms with E-state index in [1.807, 2.05) is 0 Å². The van der Waals surface area contributed by atoms with Crippen LogP contribution in [0.25, 0.3) is 10.9 Å². The summed E-state index contributed by atoms with van der Waals surface area (Å²) in [6, 6.07) is 10.1. The Morgan fingerprint density at radius 1 is 1.23 bits per heavy atom. The second-order valence-electron chi connectivity index (χ2n) is 5.43. The number of carbonyl (C=O) groups excluding carboxylic acids is 2. The van der Waals surface area contributed by atoms with E-state index < -0.39 is 23.3 Å². The lowest BCUT2D eigenvalue weighted by Gasteiger charge is -2.09. The highest BCUT2D eigenvalue weighted by molar-refractivity contribution is 5.94. The quantitative estimate of drug-likeness (QED) is 0.723. The van der Waals surface area contributed by atoms with Gasteiger partial charge in [0, 0.05) is 0 Å². The largest absolute Gasteiger partial charge is 0.465 e. The smallest absolute Gasteiger partial charge is 0.337 e. The first-order chi connectivity index (χ1) is 12.5. The number of methoxy groups -OCH3 is 1. The number of amides is 1. The molecule has 0 saturated carbocycles. The highest BCUT2D eigenvalue weighted by atomic mass is 19.1. The summed E-state index contributed by atoms with van der Waals surface area (Å²) < 4.78 is 19.3. The third-order valence-corrected chi connectivity index (χ3v) is 3.71. The molecule has 0 aliphatic rings. The third-order valence-electron chi connectivity index (χ3n) is 3.71. The molecule has 1 N–H and O–H groups in total. The van der Waals surface area contributed by atoms with Crippen molar-refractivity contribution >= 4 is 28.5 Å². The molecule has 8 heteroatoms. The molecule has 0 fully saturated rings. The summed E-state index contributed by atoms with van der Waals surface area (Å²) in [4.78, 5) is 40.2. The second kappa shape index (κ2) is 7.14.